The minimum absolute atomic E-state index is 0.209. The van der Waals surface area contributed by atoms with Gasteiger partial charge in [0.15, 0.2) is 12.5 Å². The van der Waals surface area contributed by atoms with E-state index in [4.69, 9.17) is 15.2 Å². The van der Waals surface area contributed by atoms with E-state index in [1.807, 2.05) is 12.1 Å². The first-order chi connectivity index (χ1) is 15.9. The van der Waals surface area contributed by atoms with Crippen molar-refractivity contribution in [3.8, 4) is 11.3 Å². The van der Waals surface area contributed by atoms with Gasteiger partial charge in [-0.15, -0.1) is 0 Å². The van der Waals surface area contributed by atoms with Crippen molar-refractivity contribution >= 4 is 13.6 Å². The molecule has 33 heavy (non-hydrogen) atoms. The molecule has 0 fully saturated rings. The average Bonchev–Trinajstić information content (AvgIpc) is 3.26. The smallest absolute Gasteiger partial charge is 0.285 e. The Morgan fingerprint density at radius 2 is 1.82 bits per heavy atom. The number of aromatic nitrogens is 4. The van der Waals surface area contributed by atoms with Crippen LogP contribution in [-0.2, 0) is 35.1 Å². The van der Waals surface area contributed by atoms with Crippen molar-refractivity contribution in [2.24, 2.45) is 0 Å². The van der Waals surface area contributed by atoms with Crippen molar-refractivity contribution in [2.75, 3.05) is 5.73 Å². The normalized spacial score (nSPS) is 13.0. The molecule has 10 nitrogen and oxygen atoms in total. The lowest BCUT2D eigenvalue weighted by atomic mass is 10.0. The molecule has 170 valence electrons. The molecule has 0 amide bonds. The van der Waals surface area contributed by atoms with E-state index in [0.717, 1.165) is 29.9 Å². The van der Waals surface area contributed by atoms with Crippen molar-refractivity contribution < 1.29 is 28.0 Å². The molecule has 0 aliphatic rings. The van der Waals surface area contributed by atoms with Gasteiger partial charge in [-0.1, -0.05) is 29.4 Å². The predicted octanol–water partition coefficient (Wildman–Crippen LogP) is 1.81. The summed E-state index contributed by atoms with van der Waals surface area (Å²) in [7, 11) is -4.87. The molecule has 3 aromatic heterocycles. The topological polar surface area (TPSA) is 151 Å². The van der Waals surface area contributed by atoms with Gasteiger partial charge in [-0.2, -0.15) is 0 Å². The van der Waals surface area contributed by atoms with Gasteiger partial charge in [0.25, 0.3) is 13.6 Å². The molecular formula is C22H22N5O5P. The molecule has 0 radical (unpaired) electrons. The van der Waals surface area contributed by atoms with E-state index in [1.165, 1.54) is 16.3 Å². The fourth-order valence-corrected chi connectivity index (χ4v) is 3.56. The molecule has 3 N–H and O–H groups in total. The Kier molecular flexibility index (Phi) is 6.90. The molecule has 0 saturated heterocycles. The van der Waals surface area contributed by atoms with Gasteiger partial charge in [0.05, 0.1) is 11.9 Å². The number of rotatable bonds is 9. The van der Waals surface area contributed by atoms with E-state index in [2.05, 4.69) is 31.8 Å². The van der Waals surface area contributed by atoms with Crippen LogP contribution in [-0.4, -0.2) is 20.0 Å². The lowest BCUT2D eigenvalue weighted by Gasteiger charge is -2.14. The summed E-state index contributed by atoms with van der Waals surface area (Å²) in [6.07, 6.45) is 7.22. The van der Waals surface area contributed by atoms with E-state index in [-0.39, 0.29) is 5.82 Å². The second-order valence-electron chi connectivity index (χ2n) is 7.34. The highest BCUT2D eigenvalue weighted by molar-refractivity contribution is 7.44. The van der Waals surface area contributed by atoms with Crippen molar-refractivity contribution in [1.82, 2.24) is 15.1 Å². The lowest BCUT2D eigenvalue weighted by Crippen LogP contribution is -2.38. The van der Waals surface area contributed by atoms with Gasteiger partial charge in [0.1, 0.15) is 11.4 Å². The summed E-state index contributed by atoms with van der Waals surface area (Å²) in [5.74, 6) is 1.47. The van der Waals surface area contributed by atoms with Gasteiger partial charge >= 0.3 is 0 Å². The summed E-state index contributed by atoms with van der Waals surface area (Å²) in [6, 6.07) is 15.2. The van der Waals surface area contributed by atoms with Gasteiger partial charge in [-0.25, -0.2) is 14.5 Å². The standard InChI is InChI=1S/C22H22N5O5P/c23-22-19(3-1-12-27(22)15-31-33(28,29)30)20-14-18(26-32-20)13-17-6-4-16(5-7-17)8-9-21-24-10-2-11-25-21/h1-7,10-12,14,23H,8-9,13,15H2,(H2,28,29,30). The number of pyridine rings is 1. The molecule has 4 rings (SSSR count). The lowest BCUT2D eigenvalue weighted by molar-refractivity contribution is -0.712. The van der Waals surface area contributed by atoms with E-state index in [9.17, 15) is 9.46 Å². The SMILES string of the molecule is Nc1c(-c2cc(Cc3ccc(CCc4ncccn4)cc3)no2)ccc[n+]1COP(=O)([O-])O. The Morgan fingerprint density at radius 3 is 2.55 bits per heavy atom. The number of nitrogen functional groups attached to an aromatic ring is 1. The van der Waals surface area contributed by atoms with Crippen molar-refractivity contribution in [1.29, 1.82) is 0 Å². The maximum atomic E-state index is 10.8. The largest absolute Gasteiger partial charge is 0.756 e. The molecule has 1 unspecified atom stereocenters. The number of nitrogens with zero attached hydrogens (tertiary/aromatic N) is 4. The van der Waals surface area contributed by atoms with Crippen LogP contribution in [0.3, 0.4) is 0 Å². The Labute approximate surface area is 189 Å². The summed E-state index contributed by atoms with van der Waals surface area (Å²) in [5.41, 5.74) is 9.63. The highest BCUT2D eigenvalue weighted by Crippen LogP contribution is 2.30. The molecule has 0 bridgehead atoms. The first-order valence-corrected chi connectivity index (χ1v) is 11.6. The molecule has 11 heteroatoms. The van der Waals surface area contributed by atoms with E-state index in [0.29, 0.717) is 17.7 Å². The molecule has 0 spiro atoms. The molecule has 4 aromatic rings. The van der Waals surface area contributed by atoms with Crippen LogP contribution in [0.4, 0.5) is 5.82 Å². The number of aryl methyl sites for hydroxylation is 2. The molecule has 1 atom stereocenters. The van der Waals surface area contributed by atoms with E-state index in [1.54, 1.807) is 36.7 Å². The number of hydrogen-bond donors (Lipinski definition) is 2. The van der Waals surface area contributed by atoms with E-state index >= 15 is 0 Å². The van der Waals surface area contributed by atoms with Gasteiger partial charge in [-0.3, -0.25) is 14.8 Å². The zero-order valence-corrected chi connectivity index (χ0v) is 18.5. The third kappa shape index (κ3) is 6.30. The Hall–Kier alpha value is -3.43. The second-order valence-corrected chi connectivity index (χ2v) is 8.54. The van der Waals surface area contributed by atoms with Crippen molar-refractivity contribution in [3.05, 3.63) is 89.8 Å². The van der Waals surface area contributed by atoms with Gasteiger partial charge < -0.3 is 14.3 Å². The number of phosphoric acid groups is 1. The summed E-state index contributed by atoms with van der Waals surface area (Å²) < 4.78 is 22.0. The van der Waals surface area contributed by atoms with Crippen molar-refractivity contribution in [2.45, 2.75) is 26.0 Å². The van der Waals surface area contributed by atoms with Crippen LogP contribution in [0.15, 0.2) is 71.6 Å². The average molecular weight is 467 g/mol. The molecular weight excluding hydrogens is 445 g/mol. The number of anilines is 1. The summed E-state index contributed by atoms with van der Waals surface area (Å²) in [5, 5.41) is 4.12. The highest BCUT2D eigenvalue weighted by Gasteiger charge is 2.18. The molecule has 0 aliphatic carbocycles. The van der Waals surface area contributed by atoms with Gasteiger partial charge in [-0.05, 0) is 35.7 Å². The van der Waals surface area contributed by atoms with Crippen molar-refractivity contribution in [3.63, 3.8) is 0 Å². The van der Waals surface area contributed by atoms with Crippen LogP contribution in [0, 0.1) is 0 Å². The Morgan fingerprint density at radius 1 is 1.09 bits per heavy atom. The number of nitrogens with two attached hydrogens (primary N) is 1. The van der Waals surface area contributed by atoms with Crippen LogP contribution < -0.4 is 15.2 Å². The van der Waals surface area contributed by atoms with Crippen LogP contribution in [0.1, 0.15) is 22.6 Å². The minimum Gasteiger partial charge on any atom is -0.756 e. The fraction of sp³-hybridized carbons (Fsp3) is 0.182. The third-order valence-corrected chi connectivity index (χ3v) is 5.41. The minimum atomic E-state index is -4.87. The Balaban J connectivity index is 1.40. The summed E-state index contributed by atoms with van der Waals surface area (Å²) >= 11 is 0. The van der Waals surface area contributed by atoms with Gasteiger partial charge in [0.2, 0.25) is 0 Å². The van der Waals surface area contributed by atoms with Crippen LogP contribution in [0.5, 0.6) is 0 Å². The second kappa shape index (κ2) is 10.0. The fourth-order valence-electron chi connectivity index (χ4n) is 3.29. The maximum absolute atomic E-state index is 10.8. The molecule has 0 saturated carbocycles. The zero-order chi connectivity index (χ0) is 23.3. The predicted molar refractivity (Wildman–Crippen MR) is 116 cm³/mol. The maximum Gasteiger partial charge on any atom is 0.285 e. The Bertz CT molecular complexity index is 1260. The summed E-state index contributed by atoms with van der Waals surface area (Å²) in [4.78, 5) is 28.1. The first kappa shape index (κ1) is 22.8. The highest BCUT2D eigenvalue weighted by atomic mass is 31.2. The summed E-state index contributed by atoms with van der Waals surface area (Å²) in [6.45, 7) is -0.458. The third-order valence-electron chi connectivity index (χ3n) is 4.96. The number of phosphoric ester groups is 1. The van der Waals surface area contributed by atoms with Gasteiger partial charge in [0, 0.05) is 31.3 Å². The zero-order valence-electron chi connectivity index (χ0n) is 17.6. The molecule has 1 aromatic carbocycles. The number of hydrogen-bond acceptors (Lipinski definition) is 8. The first-order valence-electron chi connectivity index (χ1n) is 10.1. The van der Waals surface area contributed by atoms with Crippen LogP contribution in [0.25, 0.3) is 11.3 Å². The van der Waals surface area contributed by atoms with E-state index < -0.39 is 14.6 Å². The monoisotopic (exact) mass is 467 g/mol. The van der Waals surface area contributed by atoms with Crippen LogP contribution >= 0.6 is 7.82 Å². The molecule has 3 heterocycles. The number of benzene rings is 1. The quantitative estimate of drug-likeness (QED) is 0.277. The van der Waals surface area contributed by atoms with Crippen LogP contribution in [0.2, 0.25) is 0 Å². The molecule has 0 aliphatic heterocycles.